The van der Waals surface area contributed by atoms with E-state index < -0.39 is 15.7 Å². The van der Waals surface area contributed by atoms with Crippen LogP contribution in [0.25, 0.3) is 11.3 Å². The molecule has 0 radical (unpaired) electrons. The second-order valence-corrected chi connectivity index (χ2v) is 6.13. The second-order valence-electron chi connectivity index (χ2n) is 3.16. The van der Waals surface area contributed by atoms with Crippen molar-refractivity contribution < 1.29 is 12.8 Å². The number of sulfone groups is 1. The Balaban J connectivity index is 2.68. The third-order valence-electron chi connectivity index (χ3n) is 1.92. The SMILES string of the molecule is CS(=O)(=O)c1snnc1-c1ccccc1F. The van der Waals surface area contributed by atoms with Crippen LogP contribution < -0.4 is 0 Å². The minimum absolute atomic E-state index is 0.0161. The van der Waals surface area contributed by atoms with Gasteiger partial charge in [0.2, 0.25) is 0 Å². The van der Waals surface area contributed by atoms with Crippen molar-refractivity contribution >= 4 is 21.4 Å². The molecule has 4 nitrogen and oxygen atoms in total. The summed E-state index contributed by atoms with van der Waals surface area (Å²) in [4.78, 5) is 0. The largest absolute Gasteiger partial charge is 0.223 e. The van der Waals surface area contributed by atoms with Gasteiger partial charge < -0.3 is 0 Å². The molecule has 0 N–H and O–H groups in total. The number of halogens is 1. The molecule has 2 aromatic rings. The highest BCUT2D eigenvalue weighted by molar-refractivity contribution is 7.92. The normalized spacial score (nSPS) is 11.6. The molecule has 7 heteroatoms. The maximum Gasteiger partial charge on any atom is 0.188 e. The Morgan fingerprint density at radius 2 is 2.00 bits per heavy atom. The summed E-state index contributed by atoms with van der Waals surface area (Å²) in [6.07, 6.45) is 1.05. The van der Waals surface area contributed by atoms with Gasteiger partial charge in [-0.2, -0.15) is 0 Å². The van der Waals surface area contributed by atoms with Crippen LogP contribution in [0, 0.1) is 5.82 Å². The topological polar surface area (TPSA) is 59.9 Å². The Hall–Kier alpha value is -1.34. The lowest BCUT2D eigenvalue weighted by atomic mass is 10.2. The fraction of sp³-hybridized carbons (Fsp3) is 0.111. The third-order valence-corrected chi connectivity index (χ3v) is 4.44. The molecule has 84 valence electrons. The summed E-state index contributed by atoms with van der Waals surface area (Å²) in [6.45, 7) is 0. The van der Waals surface area contributed by atoms with Gasteiger partial charge in [-0.25, -0.2) is 12.8 Å². The van der Waals surface area contributed by atoms with Crippen molar-refractivity contribution in [3.05, 3.63) is 30.1 Å². The summed E-state index contributed by atoms with van der Waals surface area (Å²) in [6, 6.07) is 5.87. The van der Waals surface area contributed by atoms with Gasteiger partial charge in [0.1, 0.15) is 11.5 Å². The molecule has 16 heavy (non-hydrogen) atoms. The van der Waals surface area contributed by atoms with Crippen LogP contribution in [0.4, 0.5) is 4.39 Å². The van der Waals surface area contributed by atoms with Gasteiger partial charge in [-0.3, -0.25) is 0 Å². The van der Waals surface area contributed by atoms with Crippen LogP contribution in [-0.2, 0) is 9.84 Å². The molecule has 1 aromatic heterocycles. The highest BCUT2D eigenvalue weighted by Gasteiger charge is 2.21. The van der Waals surface area contributed by atoms with E-state index in [2.05, 4.69) is 9.59 Å². The fourth-order valence-electron chi connectivity index (χ4n) is 1.24. The number of hydrogen-bond donors (Lipinski definition) is 0. The molecule has 2 rings (SSSR count). The quantitative estimate of drug-likeness (QED) is 0.823. The maximum atomic E-state index is 13.5. The Kier molecular flexibility index (Phi) is 2.73. The van der Waals surface area contributed by atoms with Gasteiger partial charge in [0.15, 0.2) is 14.0 Å². The van der Waals surface area contributed by atoms with Crippen molar-refractivity contribution in [2.75, 3.05) is 6.26 Å². The summed E-state index contributed by atoms with van der Waals surface area (Å²) in [5.74, 6) is -0.514. The Labute approximate surface area is 95.8 Å². The van der Waals surface area contributed by atoms with E-state index in [0.29, 0.717) is 0 Å². The van der Waals surface area contributed by atoms with E-state index in [0.717, 1.165) is 17.8 Å². The Morgan fingerprint density at radius 3 is 2.62 bits per heavy atom. The molecule has 0 amide bonds. The molecule has 0 saturated carbocycles. The lowest BCUT2D eigenvalue weighted by Gasteiger charge is -2.00. The monoisotopic (exact) mass is 258 g/mol. The van der Waals surface area contributed by atoms with E-state index >= 15 is 0 Å². The predicted molar refractivity (Wildman–Crippen MR) is 58.4 cm³/mol. The van der Waals surface area contributed by atoms with Crippen LogP contribution in [0.3, 0.4) is 0 Å². The standard InChI is InChI=1S/C9H7FN2O2S2/c1-16(13,14)9-8(11-12-15-9)6-4-2-3-5-7(6)10/h2-5H,1H3. The number of hydrogen-bond acceptors (Lipinski definition) is 5. The minimum atomic E-state index is -3.43. The van der Waals surface area contributed by atoms with Crippen molar-refractivity contribution in [3.63, 3.8) is 0 Å². The van der Waals surface area contributed by atoms with E-state index in [1.165, 1.54) is 18.2 Å². The van der Waals surface area contributed by atoms with E-state index in [1.54, 1.807) is 6.07 Å². The first-order valence-corrected chi connectivity index (χ1v) is 6.94. The molecule has 0 saturated heterocycles. The number of aromatic nitrogens is 2. The lowest BCUT2D eigenvalue weighted by Crippen LogP contribution is -1.97. The first kappa shape index (κ1) is 11.2. The van der Waals surface area contributed by atoms with Crippen LogP contribution >= 0.6 is 11.5 Å². The van der Waals surface area contributed by atoms with Gasteiger partial charge in [-0.1, -0.05) is 16.6 Å². The summed E-state index contributed by atoms with van der Waals surface area (Å²) < 4.78 is 39.8. The van der Waals surface area contributed by atoms with Crippen molar-refractivity contribution in [1.82, 2.24) is 9.59 Å². The smallest absolute Gasteiger partial charge is 0.188 e. The van der Waals surface area contributed by atoms with Crippen LogP contribution in [0.2, 0.25) is 0 Å². The fourth-order valence-corrected chi connectivity index (χ4v) is 2.82. The zero-order chi connectivity index (χ0) is 11.8. The first-order valence-electron chi connectivity index (χ1n) is 4.27. The Morgan fingerprint density at radius 1 is 1.31 bits per heavy atom. The summed E-state index contributed by atoms with van der Waals surface area (Å²) in [5.41, 5.74) is 0.224. The molecular weight excluding hydrogens is 251 g/mol. The van der Waals surface area contributed by atoms with E-state index in [1.807, 2.05) is 0 Å². The average molecular weight is 258 g/mol. The predicted octanol–water partition coefficient (Wildman–Crippen LogP) is 1.75. The molecule has 0 atom stereocenters. The van der Waals surface area contributed by atoms with Crippen LogP contribution in [0.15, 0.2) is 28.5 Å². The highest BCUT2D eigenvalue weighted by atomic mass is 32.2. The second kappa shape index (κ2) is 3.91. The van der Waals surface area contributed by atoms with Crippen LogP contribution in [-0.4, -0.2) is 24.3 Å². The lowest BCUT2D eigenvalue weighted by molar-refractivity contribution is 0.603. The van der Waals surface area contributed by atoms with Crippen LogP contribution in [0.1, 0.15) is 0 Å². The van der Waals surface area contributed by atoms with Crippen molar-refractivity contribution in [2.45, 2.75) is 4.21 Å². The zero-order valence-corrected chi connectivity index (χ0v) is 9.85. The molecule has 0 unspecified atom stereocenters. The molecule has 1 aromatic carbocycles. The summed E-state index contributed by atoms with van der Waals surface area (Å²) in [5, 5.41) is 3.66. The molecule has 1 heterocycles. The van der Waals surface area contributed by atoms with E-state index in [9.17, 15) is 12.8 Å². The first-order chi connectivity index (χ1) is 7.50. The molecule has 0 aliphatic rings. The number of rotatable bonds is 2. The molecule has 0 bridgehead atoms. The number of nitrogens with zero attached hydrogens (tertiary/aromatic N) is 2. The average Bonchev–Trinajstić information content (AvgIpc) is 2.66. The Bertz CT molecular complexity index is 622. The van der Waals surface area contributed by atoms with Gasteiger partial charge in [-0.15, -0.1) is 5.10 Å². The molecule has 0 aliphatic heterocycles. The maximum absolute atomic E-state index is 13.5. The van der Waals surface area contributed by atoms with Gasteiger partial charge in [0, 0.05) is 23.4 Å². The van der Waals surface area contributed by atoms with Gasteiger partial charge >= 0.3 is 0 Å². The van der Waals surface area contributed by atoms with Crippen molar-refractivity contribution in [1.29, 1.82) is 0 Å². The minimum Gasteiger partial charge on any atom is -0.223 e. The van der Waals surface area contributed by atoms with Gasteiger partial charge in [-0.05, 0) is 12.1 Å². The van der Waals surface area contributed by atoms with Gasteiger partial charge in [0.25, 0.3) is 0 Å². The van der Waals surface area contributed by atoms with E-state index in [4.69, 9.17) is 0 Å². The third kappa shape index (κ3) is 1.96. The van der Waals surface area contributed by atoms with E-state index in [-0.39, 0.29) is 15.5 Å². The molecule has 0 aliphatic carbocycles. The summed E-state index contributed by atoms with van der Waals surface area (Å²) in [7, 11) is -3.43. The number of benzene rings is 1. The van der Waals surface area contributed by atoms with Crippen LogP contribution in [0.5, 0.6) is 0 Å². The van der Waals surface area contributed by atoms with Crippen molar-refractivity contribution in [3.8, 4) is 11.3 Å². The zero-order valence-electron chi connectivity index (χ0n) is 8.21. The summed E-state index contributed by atoms with van der Waals surface area (Å²) >= 11 is 0.744. The molecular formula is C9H7FN2O2S2. The molecule has 0 spiro atoms. The molecule has 0 fully saturated rings. The van der Waals surface area contributed by atoms with Gasteiger partial charge in [0.05, 0.1) is 0 Å². The van der Waals surface area contributed by atoms with Crippen molar-refractivity contribution in [2.24, 2.45) is 0 Å². The highest BCUT2D eigenvalue weighted by Crippen LogP contribution is 2.29.